The zero-order valence-electron chi connectivity index (χ0n) is 8.87. The van der Waals surface area contributed by atoms with Gasteiger partial charge in [0.2, 0.25) is 0 Å². The largest absolute Gasteiger partial charge is 0.370 e. The summed E-state index contributed by atoms with van der Waals surface area (Å²) in [7, 11) is 0. The van der Waals surface area contributed by atoms with Gasteiger partial charge >= 0.3 is 0 Å². The number of hydrogen-bond donors (Lipinski definition) is 2. The maximum Gasteiger partial charge on any atom is 0.137 e. The monoisotopic (exact) mass is 281 g/mol. The Hall–Kier alpha value is -1.43. The molecule has 0 aromatic carbocycles. The summed E-state index contributed by atoms with van der Waals surface area (Å²) in [6, 6.07) is 2.00. The Morgan fingerprint density at radius 1 is 1.44 bits per heavy atom. The van der Waals surface area contributed by atoms with E-state index in [1.54, 1.807) is 6.20 Å². The Bertz CT molecular complexity index is 454. The fourth-order valence-electron chi connectivity index (χ4n) is 1.30. The third kappa shape index (κ3) is 2.79. The Labute approximate surface area is 102 Å². The van der Waals surface area contributed by atoms with Crippen LogP contribution >= 0.6 is 15.9 Å². The molecule has 0 fully saturated rings. The van der Waals surface area contributed by atoms with Gasteiger partial charge in [0.15, 0.2) is 0 Å². The van der Waals surface area contributed by atoms with Gasteiger partial charge in [-0.15, -0.1) is 0 Å². The van der Waals surface area contributed by atoms with Crippen LogP contribution in [-0.4, -0.2) is 26.7 Å². The van der Waals surface area contributed by atoms with Crippen LogP contribution in [0.5, 0.6) is 0 Å². The third-order valence-electron chi connectivity index (χ3n) is 2.18. The second-order valence-electron chi connectivity index (χ2n) is 3.43. The number of nitrogens with zero attached hydrogens (tertiary/aromatic N) is 3. The van der Waals surface area contributed by atoms with Gasteiger partial charge in [-0.25, -0.2) is 9.97 Å². The Kier molecular flexibility index (Phi) is 3.51. The van der Waals surface area contributed by atoms with Crippen LogP contribution in [0, 0.1) is 6.92 Å². The molecule has 2 rings (SSSR count). The average molecular weight is 282 g/mol. The molecule has 0 aliphatic heterocycles. The summed E-state index contributed by atoms with van der Waals surface area (Å²) in [5.74, 6) is 1.75. The van der Waals surface area contributed by atoms with Crippen molar-refractivity contribution >= 4 is 21.7 Å². The van der Waals surface area contributed by atoms with Gasteiger partial charge in [-0.1, -0.05) is 0 Å². The van der Waals surface area contributed by atoms with Gasteiger partial charge in [0.25, 0.3) is 0 Å². The predicted molar refractivity (Wildman–Crippen MR) is 65.3 cm³/mol. The lowest BCUT2D eigenvalue weighted by atomic mass is 10.3. The Balaban J connectivity index is 1.87. The summed E-state index contributed by atoms with van der Waals surface area (Å²) < 4.78 is 1.02. The lowest BCUT2D eigenvalue weighted by Gasteiger charge is -2.05. The topological polar surface area (TPSA) is 66.5 Å². The van der Waals surface area contributed by atoms with Crippen molar-refractivity contribution in [3.63, 3.8) is 0 Å². The standard InChI is InChI=1S/C10H12BrN5/c1-7-4-10(13-5-8(7)11)12-3-2-9-14-6-15-16-9/h4-6H,2-3H2,1H3,(H,12,13)(H,14,15,16). The molecule has 0 saturated heterocycles. The number of aryl methyl sites for hydroxylation is 1. The number of pyridine rings is 1. The van der Waals surface area contributed by atoms with E-state index >= 15 is 0 Å². The molecular weight excluding hydrogens is 270 g/mol. The van der Waals surface area contributed by atoms with Crippen LogP contribution in [0.1, 0.15) is 11.4 Å². The van der Waals surface area contributed by atoms with E-state index in [2.05, 4.69) is 41.4 Å². The first-order valence-corrected chi connectivity index (χ1v) is 5.75. The van der Waals surface area contributed by atoms with Gasteiger partial charge in [0, 0.05) is 23.6 Å². The number of aromatic amines is 1. The lowest BCUT2D eigenvalue weighted by molar-refractivity contribution is 0.897. The highest BCUT2D eigenvalue weighted by Crippen LogP contribution is 2.16. The maximum absolute atomic E-state index is 4.25. The van der Waals surface area contributed by atoms with Gasteiger partial charge in [-0.3, -0.25) is 5.10 Å². The molecule has 5 nitrogen and oxygen atoms in total. The van der Waals surface area contributed by atoms with Crippen molar-refractivity contribution in [2.24, 2.45) is 0 Å². The van der Waals surface area contributed by atoms with E-state index in [1.165, 1.54) is 6.33 Å². The van der Waals surface area contributed by atoms with Crippen molar-refractivity contribution in [1.82, 2.24) is 20.2 Å². The Morgan fingerprint density at radius 2 is 2.31 bits per heavy atom. The second-order valence-corrected chi connectivity index (χ2v) is 4.28. The molecule has 2 N–H and O–H groups in total. The summed E-state index contributed by atoms with van der Waals surface area (Å²) >= 11 is 3.42. The number of halogens is 1. The van der Waals surface area contributed by atoms with E-state index in [-0.39, 0.29) is 0 Å². The van der Waals surface area contributed by atoms with E-state index in [1.807, 2.05) is 13.0 Å². The number of anilines is 1. The van der Waals surface area contributed by atoms with E-state index in [4.69, 9.17) is 0 Å². The summed E-state index contributed by atoms with van der Waals surface area (Å²) in [4.78, 5) is 8.30. The fourth-order valence-corrected chi connectivity index (χ4v) is 1.51. The normalized spacial score (nSPS) is 10.4. The lowest BCUT2D eigenvalue weighted by Crippen LogP contribution is -2.07. The van der Waals surface area contributed by atoms with Crippen molar-refractivity contribution in [3.05, 3.63) is 34.5 Å². The molecule has 0 atom stereocenters. The molecule has 2 aromatic rings. The molecule has 0 bridgehead atoms. The highest BCUT2D eigenvalue weighted by molar-refractivity contribution is 9.10. The van der Waals surface area contributed by atoms with Crippen molar-refractivity contribution in [2.75, 3.05) is 11.9 Å². The maximum atomic E-state index is 4.25. The number of aromatic nitrogens is 4. The molecule has 0 amide bonds. The summed E-state index contributed by atoms with van der Waals surface area (Å²) in [5, 5.41) is 9.83. The molecule has 0 saturated carbocycles. The average Bonchev–Trinajstić information content (AvgIpc) is 2.76. The molecule has 6 heteroatoms. The highest BCUT2D eigenvalue weighted by atomic mass is 79.9. The van der Waals surface area contributed by atoms with Gasteiger partial charge in [0.1, 0.15) is 18.0 Å². The van der Waals surface area contributed by atoms with Crippen LogP contribution in [0.2, 0.25) is 0 Å². The quantitative estimate of drug-likeness (QED) is 0.899. The van der Waals surface area contributed by atoms with Crippen LogP contribution in [0.4, 0.5) is 5.82 Å². The smallest absolute Gasteiger partial charge is 0.137 e. The summed E-state index contributed by atoms with van der Waals surface area (Å²) in [6.45, 7) is 2.82. The highest BCUT2D eigenvalue weighted by Gasteiger charge is 1.99. The minimum Gasteiger partial charge on any atom is -0.370 e. The van der Waals surface area contributed by atoms with E-state index in [9.17, 15) is 0 Å². The number of hydrogen-bond acceptors (Lipinski definition) is 4. The zero-order chi connectivity index (χ0) is 11.4. The molecule has 84 valence electrons. The third-order valence-corrected chi connectivity index (χ3v) is 3.01. The van der Waals surface area contributed by atoms with Gasteiger partial charge in [-0.05, 0) is 34.5 Å². The minimum atomic E-state index is 0.781. The number of H-pyrrole nitrogens is 1. The van der Waals surface area contributed by atoms with Gasteiger partial charge in [-0.2, -0.15) is 5.10 Å². The molecule has 0 unspecified atom stereocenters. The van der Waals surface area contributed by atoms with Crippen molar-refractivity contribution in [1.29, 1.82) is 0 Å². The molecule has 0 spiro atoms. The molecule has 0 aliphatic rings. The number of rotatable bonds is 4. The molecule has 2 aromatic heterocycles. The SMILES string of the molecule is Cc1cc(NCCc2ncn[nH]2)ncc1Br. The van der Waals surface area contributed by atoms with Crippen LogP contribution in [0.3, 0.4) is 0 Å². The van der Waals surface area contributed by atoms with Gasteiger partial charge < -0.3 is 5.32 Å². The molecular formula is C10H12BrN5. The van der Waals surface area contributed by atoms with Crippen molar-refractivity contribution < 1.29 is 0 Å². The first-order chi connectivity index (χ1) is 7.75. The van der Waals surface area contributed by atoms with Crippen LogP contribution in [0.25, 0.3) is 0 Å². The Morgan fingerprint density at radius 3 is 3.00 bits per heavy atom. The second kappa shape index (κ2) is 5.07. The predicted octanol–water partition coefficient (Wildman–Crippen LogP) is 1.93. The van der Waals surface area contributed by atoms with Crippen LogP contribution in [-0.2, 0) is 6.42 Å². The summed E-state index contributed by atoms with van der Waals surface area (Å²) in [6.07, 6.45) is 4.11. The first kappa shape index (κ1) is 11.1. The minimum absolute atomic E-state index is 0.781. The van der Waals surface area contributed by atoms with Crippen molar-refractivity contribution in [2.45, 2.75) is 13.3 Å². The van der Waals surface area contributed by atoms with Crippen molar-refractivity contribution in [3.8, 4) is 0 Å². The molecule has 2 heterocycles. The molecule has 0 aliphatic carbocycles. The summed E-state index contributed by atoms with van der Waals surface area (Å²) in [5.41, 5.74) is 1.16. The first-order valence-electron chi connectivity index (χ1n) is 4.96. The van der Waals surface area contributed by atoms with E-state index < -0.39 is 0 Å². The number of nitrogens with one attached hydrogen (secondary N) is 2. The fraction of sp³-hybridized carbons (Fsp3) is 0.300. The van der Waals surface area contributed by atoms with Gasteiger partial charge in [0.05, 0.1) is 0 Å². The van der Waals surface area contributed by atoms with E-state index in [0.29, 0.717) is 0 Å². The molecule has 0 radical (unpaired) electrons. The zero-order valence-corrected chi connectivity index (χ0v) is 10.5. The molecule has 16 heavy (non-hydrogen) atoms. The van der Waals surface area contributed by atoms with E-state index in [0.717, 1.165) is 34.6 Å². The van der Waals surface area contributed by atoms with Crippen LogP contribution < -0.4 is 5.32 Å². The van der Waals surface area contributed by atoms with Crippen LogP contribution in [0.15, 0.2) is 23.1 Å².